The van der Waals surface area contributed by atoms with Gasteiger partial charge in [0.1, 0.15) is 6.10 Å². The molecule has 0 saturated heterocycles. The van der Waals surface area contributed by atoms with Crippen molar-refractivity contribution in [1.82, 2.24) is 0 Å². The summed E-state index contributed by atoms with van der Waals surface area (Å²) in [5.74, 6) is 3.33. The predicted molar refractivity (Wildman–Crippen MR) is 78.3 cm³/mol. The van der Waals surface area contributed by atoms with Crippen LogP contribution in [0, 0.1) is 27.7 Å². The first-order valence-electron chi connectivity index (χ1n) is 5.80. The van der Waals surface area contributed by atoms with Crippen LogP contribution in [-0.2, 0) is 6.42 Å². The number of nitrogen functional groups attached to an aromatic ring is 1. The number of terminal acetylenes is 1. The van der Waals surface area contributed by atoms with Gasteiger partial charge in [0.05, 0.1) is 0 Å². The van der Waals surface area contributed by atoms with Crippen LogP contribution >= 0.6 is 22.6 Å². The van der Waals surface area contributed by atoms with Crippen LogP contribution in [-0.4, -0.2) is 11.2 Å². The van der Waals surface area contributed by atoms with E-state index in [1.807, 2.05) is 6.07 Å². The van der Waals surface area contributed by atoms with E-state index in [1.54, 1.807) is 0 Å². The lowest BCUT2D eigenvalue weighted by molar-refractivity contribution is 0.201. The first-order valence-corrected chi connectivity index (χ1v) is 6.87. The van der Waals surface area contributed by atoms with Gasteiger partial charge in [-0.25, -0.2) is 0 Å². The van der Waals surface area contributed by atoms with E-state index in [0.29, 0.717) is 11.8 Å². The van der Waals surface area contributed by atoms with Crippen LogP contribution in [0.15, 0.2) is 18.2 Å². The van der Waals surface area contributed by atoms with E-state index in [1.165, 1.54) is 5.56 Å². The highest BCUT2D eigenvalue weighted by Gasteiger charge is 2.40. The zero-order valence-electron chi connectivity index (χ0n) is 9.57. The van der Waals surface area contributed by atoms with E-state index in [-0.39, 0.29) is 0 Å². The summed E-state index contributed by atoms with van der Waals surface area (Å²) in [7, 11) is 0. The van der Waals surface area contributed by atoms with E-state index >= 15 is 0 Å². The number of rotatable bonds is 4. The Morgan fingerprint density at radius 3 is 3.00 bits per heavy atom. The molecule has 0 spiro atoms. The van der Waals surface area contributed by atoms with Crippen molar-refractivity contribution in [2.75, 3.05) is 5.73 Å². The zero-order chi connectivity index (χ0) is 12.4. The highest BCUT2D eigenvalue weighted by Crippen LogP contribution is 2.44. The van der Waals surface area contributed by atoms with Crippen molar-refractivity contribution in [2.45, 2.75) is 25.4 Å². The lowest BCUT2D eigenvalue weighted by Gasteiger charge is -2.05. The fourth-order valence-corrected chi connectivity index (χ4v) is 2.77. The van der Waals surface area contributed by atoms with Crippen LogP contribution < -0.4 is 5.73 Å². The van der Waals surface area contributed by atoms with Crippen LogP contribution in [0.3, 0.4) is 0 Å². The smallest absolute Gasteiger partial charge is 0.117 e. The molecule has 2 nitrogen and oxygen atoms in total. The number of halogens is 1. The first kappa shape index (κ1) is 12.7. The zero-order valence-corrected chi connectivity index (χ0v) is 11.7. The first-order chi connectivity index (χ1) is 8.11. The Balaban J connectivity index is 1.84. The Morgan fingerprint density at radius 2 is 2.35 bits per heavy atom. The number of hydrogen-bond acceptors (Lipinski definition) is 2. The molecular formula is C14H16INO. The lowest BCUT2D eigenvalue weighted by Crippen LogP contribution is -2.07. The normalized spacial score (nSPS) is 24.1. The number of anilines is 1. The molecule has 3 N–H and O–H groups in total. The Hall–Kier alpha value is -0.730. The van der Waals surface area contributed by atoms with Gasteiger partial charge in [0.25, 0.3) is 0 Å². The van der Waals surface area contributed by atoms with Gasteiger partial charge in [-0.15, -0.1) is 6.42 Å². The Labute approximate surface area is 116 Å². The number of aliphatic hydroxyl groups is 1. The number of nitrogens with two attached hydrogens (primary N) is 1. The minimum Gasteiger partial charge on any atom is -0.398 e. The van der Waals surface area contributed by atoms with E-state index in [2.05, 4.69) is 40.6 Å². The molecule has 1 aromatic carbocycles. The molecule has 1 aliphatic carbocycles. The highest BCUT2D eigenvalue weighted by molar-refractivity contribution is 14.1. The summed E-state index contributed by atoms with van der Waals surface area (Å²) in [5.41, 5.74) is 7.92. The van der Waals surface area contributed by atoms with Gasteiger partial charge in [0.15, 0.2) is 0 Å². The molecular weight excluding hydrogens is 325 g/mol. The molecule has 0 aromatic heterocycles. The number of aliphatic hydroxyl groups excluding tert-OH is 1. The van der Waals surface area contributed by atoms with Crippen molar-refractivity contribution in [3.63, 3.8) is 0 Å². The molecule has 1 saturated carbocycles. The maximum absolute atomic E-state index is 9.49. The monoisotopic (exact) mass is 341 g/mol. The minimum absolute atomic E-state index is 0.327. The molecule has 1 aromatic rings. The molecule has 3 heteroatoms. The van der Waals surface area contributed by atoms with Gasteiger partial charge in [-0.05, 0) is 71.4 Å². The molecule has 0 amide bonds. The van der Waals surface area contributed by atoms with Gasteiger partial charge in [0.2, 0.25) is 0 Å². The third kappa shape index (κ3) is 3.14. The molecule has 17 heavy (non-hydrogen) atoms. The number of hydrogen-bond donors (Lipinski definition) is 2. The van der Waals surface area contributed by atoms with Crippen molar-refractivity contribution in [2.24, 2.45) is 11.8 Å². The van der Waals surface area contributed by atoms with Crippen molar-refractivity contribution < 1.29 is 5.11 Å². The second-order valence-corrected chi connectivity index (χ2v) is 5.83. The second kappa shape index (κ2) is 5.28. The van der Waals surface area contributed by atoms with Crippen molar-refractivity contribution in [3.05, 3.63) is 27.3 Å². The Kier molecular flexibility index (Phi) is 3.95. The van der Waals surface area contributed by atoms with Gasteiger partial charge in [0, 0.05) is 9.26 Å². The maximum atomic E-state index is 9.49. The summed E-state index contributed by atoms with van der Waals surface area (Å²) in [6.45, 7) is 0. The van der Waals surface area contributed by atoms with E-state index in [0.717, 1.165) is 28.5 Å². The van der Waals surface area contributed by atoms with Crippen LogP contribution in [0.2, 0.25) is 0 Å². The number of aryl methyl sites for hydroxylation is 1. The predicted octanol–water partition coefficient (Wildman–Crippen LogP) is 2.44. The van der Waals surface area contributed by atoms with Gasteiger partial charge in [-0.2, -0.15) is 0 Å². The lowest BCUT2D eigenvalue weighted by atomic mass is 10.1. The highest BCUT2D eigenvalue weighted by atomic mass is 127. The van der Waals surface area contributed by atoms with Crippen molar-refractivity contribution >= 4 is 28.3 Å². The van der Waals surface area contributed by atoms with Crippen LogP contribution in [0.25, 0.3) is 0 Å². The average molecular weight is 341 g/mol. The SMILES string of the molecule is C#CC(O)C1CC1CCc1ccc(N)c(I)c1. The van der Waals surface area contributed by atoms with E-state index in [9.17, 15) is 5.11 Å². The van der Waals surface area contributed by atoms with Gasteiger partial charge in [-0.1, -0.05) is 12.0 Å². The standard InChI is InChI=1S/C14H16INO/c1-2-14(17)11-8-10(11)5-3-9-4-6-13(16)12(15)7-9/h1,4,6-7,10-11,14,17H,3,5,8,16H2. The van der Waals surface area contributed by atoms with E-state index < -0.39 is 6.10 Å². The molecule has 1 aliphatic rings. The quantitative estimate of drug-likeness (QED) is 0.502. The maximum Gasteiger partial charge on any atom is 0.117 e. The Morgan fingerprint density at radius 1 is 1.59 bits per heavy atom. The molecule has 0 radical (unpaired) electrons. The largest absolute Gasteiger partial charge is 0.398 e. The third-order valence-corrected chi connectivity index (χ3v) is 4.36. The molecule has 0 bridgehead atoms. The molecule has 0 heterocycles. The third-order valence-electron chi connectivity index (χ3n) is 3.42. The minimum atomic E-state index is -0.549. The van der Waals surface area contributed by atoms with Gasteiger partial charge >= 0.3 is 0 Å². The second-order valence-electron chi connectivity index (χ2n) is 4.67. The molecule has 3 atom stereocenters. The van der Waals surface area contributed by atoms with Crippen LogP contribution in [0.5, 0.6) is 0 Å². The number of benzene rings is 1. The summed E-state index contributed by atoms with van der Waals surface area (Å²) in [4.78, 5) is 0. The molecule has 1 fully saturated rings. The van der Waals surface area contributed by atoms with E-state index in [4.69, 9.17) is 12.2 Å². The van der Waals surface area contributed by atoms with Crippen LogP contribution in [0.4, 0.5) is 5.69 Å². The summed E-state index contributed by atoms with van der Waals surface area (Å²) < 4.78 is 1.11. The van der Waals surface area contributed by atoms with Gasteiger partial charge < -0.3 is 10.8 Å². The summed E-state index contributed by atoms with van der Waals surface area (Å²) in [5, 5.41) is 9.49. The molecule has 90 valence electrons. The van der Waals surface area contributed by atoms with Crippen molar-refractivity contribution in [3.8, 4) is 12.3 Å². The molecule has 2 rings (SSSR count). The van der Waals surface area contributed by atoms with Gasteiger partial charge in [-0.3, -0.25) is 0 Å². The summed E-state index contributed by atoms with van der Waals surface area (Å²) >= 11 is 2.25. The molecule has 3 unspecified atom stereocenters. The fourth-order valence-electron chi connectivity index (χ4n) is 2.19. The molecule has 0 aliphatic heterocycles. The summed E-state index contributed by atoms with van der Waals surface area (Å²) in [6.07, 6.45) is 7.86. The van der Waals surface area contributed by atoms with Crippen LogP contribution in [0.1, 0.15) is 18.4 Å². The Bertz CT molecular complexity index is 452. The summed E-state index contributed by atoms with van der Waals surface area (Å²) in [6, 6.07) is 6.16. The average Bonchev–Trinajstić information content (AvgIpc) is 3.09. The fraction of sp³-hybridized carbons (Fsp3) is 0.429. The topological polar surface area (TPSA) is 46.2 Å². The van der Waals surface area contributed by atoms with Crippen molar-refractivity contribution in [1.29, 1.82) is 0 Å².